The maximum atomic E-state index is 9.22. The number of aromatic nitrogens is 1. The van der Waals surface area contributed by atoms with Crippen molar-refractivity contribution in [3.8, 4) is 6.07 Å². The van der Waals surface area contributed by atoms with Crippen molar-refractivity contribution in [2.24, 2.45) is 11.8 Å². The molecule has 2 heterocycles. The van der Waals surface area contributed by atoms with E-state index in [9.17, 15) is 5.26 Å². The number of rotatable bonds is 2. The van der Waals surface area contributed by atoms with Crippen LogP contribution in [0.3, 0.4) is 0 Å². The second-order valence-electron chi connectivity index (χ2n) is 6.75. The Labute approximate surface area is 126 Å². The van der Waals surface area contributed by atoms with Crippen molar-refractivity contribution in [2.75, 3.05) is 31.1 Å². The van der Waals surface area contributed by atoms with Gasteiger partial charge in [0.15, 0.2) is 0 Å². The number of hydrogen-bond acceptors (Lipinski definition) is 4. The van der Waals surface area contributed by atoms with Crippen LogP contribution in [0.15, 0.2) is 18.3 Å². The van der Waals surface area contributed by atoms with Gasteiger partial charge in [0.25, 0.3) is 0 Å². The van der Waals surface area contributed by atoms with Crippen molar-refractivity contribution in [3.63, 3.8) is 0 Å². The van der Waals surface area contributed by atoms with E-state index in [2.05, 4.69) is 20.9 Å². The van der Waals surface area contributed by atoms with Gasteiger partial charge < -0.3 is 4.90 Å². The molecule has 0 radical (unpaired) electrons. The fourth-order valence-electron chi connectivity index (χ4n) is 4.66. The molecule has 0 amide bonds. The summed E-state index contributed by atoms with van der Waals surface area (Å²) in [6.07, 6.45) is 7.62. The van der Waals surface area contributed by atoms with Crippen LogP contribution in [-0.2, 0) is 0 Å². The lowest BCUT2D eigenvalue weighted by atomic mass is 9.93. The maximum Gasteiger partial charge on any atom is 0.146 e. The van der Waals surface area contributed by atoms with Gasteiger partial charge in [0, 0.05) is 38.4 Å². The van der Waals surface area contributed by atoms with Gasteiger partial charge in [-0.25, -0.2) is 4.98 Å². The van der Waals surface area contributed by atoms with Crippen LogP contribution in [0.1, 0.15) is 31.2 Å². The molecule has 2 bridgehead atoms. The molecule has 4 nitrogen and oxygen atoms in total. The SMILES string of the molecule is N#Cc1cccnc1N1CCN(C2CC3CCC2C3)CC1. The van der Waals surface area contributed by atoms with Crippen molar-refractivity contribution < 1.29 is 0 Å². The van der Waals surface area contributed by atoms with E-state index < -0.39 is 0 Å². The molecule has 3 unspecified atom stereocenters. The van der Waals surface area contributed by atoms with E-state index in [1.807, 2.05) is 12.1 Å². The van der Waals surface area contributed by atoms with E-state index in [0.717, 1.165) is 49.9 Å². The summed E-state index contributed by atoms with van der Waals surface area (Å²) in [5.41, 5.74) is 0.700. The van der Waals surface area contributed by atoms with Gasteiger partial charge in [-0.2, -0.15) is 5.26 Å². The Kier molecular flexibility index (Phi) is 3.31. The second-order valence-corrected chi connectivity index (χ2v) is 6.75. The Bertz CT molecular complexity index is 556. The van der Waals surface area contributed by atoms with Crippen LogP contribution in [0.4, 0.5) is 5.82 Å². The number of pyridine rings is 1. The van der Waals surface area contributed by atoms with Gasteiger partial charge in [-0.1, -0.05) is 6.42 Å². The normalized spacial score (nSPS) is 32.3. The number of anilines is 1. The number of nitrogens with zero attached hydrogens (tertiary/aromatic N) is 4. The van der Waals surface area contributed by atoms with Crippen LogP contribution < -0.4 is 4.90 Å². The third-order valence-electron chi connectivity index (χ3n) is 5.69. The van der Waals surface area contributed by atoms with E-state index in [4.69, 9.17) is 0 Å². The summed E-state index contributed by atoms with van der Waals surface area (Å²) in [5, 5.41) is 9.22. The molecule has 2 aliphatic carbocycles. The third kappa shape index (κ3) is 2.30. The zero-order valence-corrected chi connectivity index (χ0v) is 12.4. The molecular weight excluding hydrogens is 260 g/mol. The second kappa shape index (κ2) is 5.31. The molecule has 21 heavy (non-hydrogen) atoms. The van der Waals surface area contributed by atoms with Crippen LogP contribution in [0.2, 0.25) is 0 Å². The lowest BCUT2D eigenvalue weighted by Gasteiger charge is -2.41. The molecular formula is C17H22N4. The predicted molar refractivity (Wildman–Crippen MR) is 82.0 cm³/mol. The first-order valence-electron chi connectivity index (χ1n) is 8.19. The zero-order valence-electron chi connectivity index (χ0n) is 12.4. The quantitative estimate of drug-likeness (QED) is 0.834. The largest absolute Gasteiger partial charge is 0.353 e. The maximum absolute atomic E-state index is 9.22. The van der Waals surface area contributed by atoms with Crippen LogP contribution in [0.5, 0.6) is 0 Å². The Morgan fingerprint density at radius 1 is 1.14 bits per heavy atom. The lowest BCUT2D eigenvalue weighted by Crippen LogP contribution is -2.52. The molecule has 0 aromatic carbocycles. The summed E-state index contributed by atoms with van der Waals surface area (Å²) in [6.45, 7) is 4.24. The van der Waals surface area contributed by atoms with Crippen LogP contribution in [0, 0.1) is 23.2 Å². The zero-order chi connectivity index (χ0) is 14.2. The number of fused-ring (bicyclic) bond motifs is 2. The number of hydrogen-bond donors (Lipinski definition) is 0. The Balaban J connectivity index is 1.42. The first kappa shape index (κ1) is 13.1. The molecule has 2 saturated carbocycles. The van der Waals surface area contributed by atoms with Gasteiger partial charge in [0.05, 0.1) is 5.56 Å². The van der Waals surface area contributed by atoms with E-state index in [-0.39, 0.29) is 0 Å². The highest BCUT2D eigenvalue weighted by molar-refractivity contribution is 5.53. The van der Waals surface area contributed by atoms with E-state index in [0.29, 0.717) is 5.56 Å². The van der Waals surface area contributed by atoms with Gasteiger partial charge in [-0.05, 0) is 43.2 Å². The Morgan fingerprint density at radius 3 is 2.67 bits per heavy atom. The Morgan fingerprint density at radius 2 is 2.00 bits per heavy atom. The predicted octanol–water partition coefficient (Wildman–Crippen LogP) is 2.26. The first-order valence-corrected chi connectivity index (χ1v) is 8.19. The summed E-state index contributed by atoms with van der Waals surface area (Å²) in [4.78, 5) is 9.40. The minimum absolute atomic E-state index is 0.700. The van der Waals surface area contributed by atoms with Gasteiger partial charge in [-0.3, -0.25) is 4.90 Å². The Hall–Kier alpha value is -1.60. The van der Waals surface area contributed by atoms with E-state index in [1.54, 1.807) is 6.20 Å². The molecule has 4 heteroatoms. The molecule has 1 aromatic rings. The molecule has 1 saturated heterocycles. The lowest BCUT2D eigenvalue weighted by molar-refractivity contribution is 0.134. The molecule has 3 aliphatic rings. The summed E-state index contributed by atoms with van der Waals surface area (Å²) in [7, 11) is 0. The molecule has 0 spiro atoms. The van der Waals surface area contributed by atoms with Gasteiger partial charge in [0.2, 0.25) is 0 Å². The van der Waals surface area contributed by atoms with Crippen LogP contribution >= 0.6 is 0 Å². The molecule has 110 valence electrons. The van der Waals surface area contributed by atoms with E-state index in [1.165, 1.54) is 25.7 Å². The molecule has 0 N–H and O–H groups in total. The van der Waals surface area contributed by atoms with Crippen LogP contribution in [0.25, 0.3) is 0 Å². The van der Waals surface area contributed by atoms with Crippen molar-refractivity contribution >= 4 is 5.82 Å². The average molecular weight is 282 g/mol. The minimum atomic E-state index is 0.700. The van der Waals surface area contributed by atoms with Crippen molar-refractivity contribution in [1.82, 2.24) is 9.88 Å². The molecule has 4 rings (SSSR count). The van der Waals surface area contributed by atoms with E-state index >= 15 is 0 Å². The highest BCUT2D eigenvalue weighted by Crippen LogP contribution is 2.46. The number of piperazine rings is 1. The fourth-order valence-corrected chi connectivity index (χ4v) is 4.66. The fraction of sp³-hybridized carbons (Fsp3) is 0.647. The summed E-state index contributed by atoms with van der Waals surface area (Å²) >= 11 is 0. The standard InChI is InChI=1S/C17H22N4/c18-12-15-2-1-5-19-17(15)21-8-6-20(7-9-21)16-11-13-3-4-14(16)10-13/h1-2,5,13-14,16H,3-4,6-11H2. The smallest absolute Gasteiger partial charge is 0.146 e. The molecule has 3 fully saturated rings. The van der Waals surface area contributed by atoms with Crippen molar-refractivity contribution in [1.29, 1.82) is 5.26 Å². The molecule has 1 aromatic heterocycles. The van der Waals surface area contributed by atoms with Crippen LogP contribution in [-0.4, -0.2) is 42.1 Å². The van der Waals surface area contributed by atoms with Gasteiger partial charge in [0.1, 0.15) is 11.9 Å². The molecule has 3 atom stereocenters. The minimum Gasteiger partial charge on any atom is -0.353 e. The third-order valence-corrected chi connectivity index (χ3v) is 5.69. The first-order chi connectivity index (χ1) is 10.3. The van der Waals surface area contributed by atoms with Crippen molar-refractivity contribution in [2.45, 2.75) is 31.7 Å². The van der Waals surface area contributed by atoms with Crippen molar-refractivity contribution in [3.05, 3.63) is 23.9 Å². The molecule has 1 aliphatic heterocycles. The van der Waals surface area contributed by atoms with Gasteiger partial charge in [-0.15, -0.1) is 0 Å². The monoisotopic (exact) mass is 282 g/mol. The average Bonchev–Trinajstić information content (AvgIpc) is 3.18. The topological polar surface area (TPSA) is 43.2 Å². The summed E-state index contributed by atoms with van der Waals surface area (Å²) < 4.78 is 0. The summed E-state index contributed by atoms with van der Waals surface area (Å²) in [5.74, 6) is 2.85. The summed E-state index contributed by atoms with van der Waals surface area (Å²) in [6, 6.07) is 6.81. The number of nitriles is 1. The van der Waals surface area contributed by atoms with Gasteiger partial charge >= 0.3 is 0 Å². The highest BCUT2D eigenvalue weighted by atomic mass is 15.3. The highest BCUT2D eigenvalue weighted by Gasteiger charge is 2.42.